The van der Waals surface area contributed by atoms with Crippen LogP contribution in [0.25, 0.3) is 0 Å². The predicted octanol–water partition coefficient (Wildman–Crippen LogP) is 4.16. The van der Waals surface area contributed by atoms with Crippen molar-refractivity contribution in [3.8, 4) is 0 Å². The van der Waals surface area contributed by atoms with E-state index in [9.17, 15) is 9.18 Å². The van der Waals surface area contributed by atoms with E-state index in [0.29, 0.717) is 17.4 Å². The molecule has 1 aromatic rings. The van der Waals surface area contributed by atoms with Gasteiger partial charge in [0.1, 0.15) is 5.82 Å². The lowest BCUT2D eigenvalue weighted by Crippen LogP contribution is -2.45. The van der Waals surface area contributed by atoms with Crippen molar-refractivity contribution >= 4 is 5.91 Å². The van der Waals surface area contributed by atoms with Crippen LogP contribution in [-0.4, -0.2) is 29.1 Å². The molecule has 0 saturated heterocycles. The average Bonchev–Trinajstić information content (AvgIpc) is 2.59. The molecule has 27 heavy (non-hydrogen) atoms. The third-order valence-electron chi connectivity index (χ3n) is 7.06. The van der Waals surface area contributed by atoms with Crippen LogP contribution in [-0.2, 0) is 13.0 Å². The molecule has 2 bridgehead atoms. The number of hydrogen-bond donors (Lipinski definition) is 2. The topological polar surface area (TPSA) is 52.6 Å². The fraction of sp³-hybridized carbons (Fsp3) is 0.682. The molecule has 3 aliphatic rings. The third kappa shape index (κ3) is 3.77. The second kappa shape index (κ2) is 7.17. The van der Waals surface area contributed by atoms with Crippen LogP contribution < -0.4 is 5.48 Å². The number of carbonyl (C=O) groups excluding carboxylic acids is 1. The van der Waals surface area contributed by atoms with Gasteiger partial charge in [0.15, 0.2) is 0 Å². The summed E-state index contributed by atoms with van der Waals surface area (Å²) >= 11 is 0. The predicted molar refractivity (Wildman–Crippen MR) is 102 cm³/mol. The molecule has 2 unspecified atom stereocenters. The second-order valence-electron chi connectivity index (χ2n) is 9.73. The van der Waals surface area contributed by atoms with Crippen LogP contribution in [0, 0.1) is 29.0 Å². The minimum absolute atomic E-state index is 0.0779. The molecule has 0 radical (unpaired) electrons. The minimum atomic E-state index is -0.784. The van der Waals surface area contributed by atoms with Gasteiger partial charge in [0.25, 0.3) is 5.91 Å². The van der Waals surface area contributed by atoms with E-state index in [1.54, 1.807) is 0 Å². The summed E-state index contributed by atoms with van der Waals surface area (Å²) < 4.78 is 14.7. The zero-order chi connectivity index (χ0) is 19.2. The van der Waals surface area contributed by atoms with Gasteiger partial charge in [0.05, 0.1) is 5.56 Å². The molecule has 2 N–H and O–H groups in total. The normalized spacial score (nSPS) is 33.4. The number of halogens is 1. The molecule has 1 aromatic carbocycles. The first-order valence-corrected chi connectivity index (χ1v) is 10.3. The molecule has 0 aromatic heterocycles. The average molecular weight is 375 g/mol. The first kappa shape index (κ1) is 18.9. The van der Waals surface area contributed by atoms with Crippen LogP contribution in [0.5, 0.6) is 0 Å². The Labute approximate surface area is 161 Å². The van der Waals surface area contributed by atoms with Crippen LogP contribution in [0.1, 0.15) is 67.4 Å². The summed E-state index contributed by atoms with van der Waals surface area (Å²) in [5.74, 6) is 1.38. The Morgan fingerprint density at radius 2 is 2.00 bits per heavy atom. The molecule has 1 aliphatic heterocycles. The van der Waals surface area contributed by atoms with Crippen molar-refractivity contribution in [2.75, 3.05) is 13.1 Å². The lowest BCUT2D eigenvalue weighted by molar-refractivity contribution is 0.0173. The van der Waals surface area contributed by atoms with E-state index in [-0.39, 0.29) is 5.56 Å². The Morgan fingerprint density at radius 1 is 1.30 bits per heavy atom. The number of fused-ring (bicyclic) bond motifs is 3. The van der Waals surface area contributed by atoms with Gasteiger partial charge in [-0.25, -0.2) is 9.87 Å². The Bertz CT molecular complexity index is 717. The molecular weight excluding hydrogens is 343 g/mol. The van der Waals surface area contributed by atoms with Gasteiger partial charge in [-0.1, -0.05) is 19.9 Å². The maximum Gasteiger partial charge on any atom is 0.277 e. The maximum atomic E-state index is 14.7. The van der Waals surface area contributed by atoms with E-state index >= 15 is 0 Å². The zero-order valence-electron chi connectivity index (χ0n) is 16.4. The number of hydrogen-bond acceptors (Lipinski definition) is 3. The van der Waals surface area contributed by atoms with E-state index in [2.05, 4.69) is 18.7 Å². The number of benzene rings is 1. The summed E-state index contributed by atoms with van der Waals surface area (Å²) in [4.78, 5) is 14.1. The van der Waals surface area contributed by atoms with E-state index in [1.165, 1.54) is 43.7 Å². The van der Waals surface area contributed by atoms with Gasteiger partial charge in [0.2, 0.25) is 0 Å². The van der Waals surface area contributed by atoms with Crippen molar-refractivity contribution in [3.05, 3.63) is 34.6 Å². The fourth-order valence-electron chi connectivity index (χ4n) is 6.42. The molecule has 1 heterocycles. The maximum absolute atomic E-state index is 14.7. The summed E-state index contributed by atoms with van der Waals surface area (Å²) in [6.07, 6.45) is 7.45. The fourth-order valence-corrected chi connectivity index (χ4v) is 6.42. The summed E-state index contributed by atoms with van der Waals surface area (Å²) in [7, 11) is 0. The highest BCUT2D eigenvalue weighted by atomic mass is 19.1. The molecule has 148 valence electrons. The molecule has 0 spiro atoms. The summed E-state index contributed by atoms with van der Waals surface area (Å²) in [6, 6.07) is 3.33. The lowest BCUT2D eigenvalue weighted by Gasteiger charge is -2.49. The number of nitrogens with one attached hydrogen (secondary N) is 1. The first-order valence-electron chi connectivity index (χ1n) is 10.3. The Kier molecular flexibility index (Phi) is 5.02. The smallest absolute Gasteiger partial charge is 0.277 e. The van der Waals surface area contributed by atoms with Gasteiger partial charge in [-0.3, -0.25) is 14.9 Å². The molecule has 5 heteroatoms. The van der Waals surface area contributed by atoms with E-state index in [1.807, 2.05) is 6.07 Å². The molecule has 4 nitrogen and oxygen atoms in total. The van der Waals surface area contributed by atoms with Gasteiger partial charge in [-0.05, 0) is 78.9 Å². The summed E-state index contributed by atoms with van der Waals surface area (Å²) in [6.45, 7) is 7.51. The number of hydroxylamine groups is 1. The van der Waals surface area contributed by atoms with Crippen molar-refractivity contribution in [2.45, 2.75) is 58.9 Å². The molecule has 2 atom stereocenters. The van der Waals surface area contributed by atoms with Gasteiger partial charge in [-0.2, -0.15) is 0 Å². The minimum Gasteiger partial charge on any atom is -0.298 e. The van der Waals surface area contributed by atoms with E-state index in [0.717, 1.165) is 43.0 Å². The van der Waals surface area contributed by atoms with Crippen molar-refractivity contribution in [1.82, 2.24) is 10.4 Å². The third-order valence-corrected chi connectivity index (χ3v) is 7.06. The number of nitrogens with zero attached hydrogens (tertiary/aromatic N) is 1. The largest absolute Gasteiger partial charge is 0.298 e. The molecule has 2 fully saturated rings. The van der Waals surface area contributed by atoms with Crippen molar-refractivity contribution in [2.24, 2.45) is 23.2 Å². The van der Waals surface area contributed by atoms with Gasteiger partial charge in [-0.15, -0.1) is 0 Å². The van der Waals surface area contributed by atoms with Crippen LogP contribution in [0.3, 0.4) is 0 Å². The van der Waals surface area contributed by atoms with Crippen LogP contribution in [0.4, 0.5) is 4.39 Å². The SMILES string of the molecule is CC1CC2CC(C1)CC(C)(CN1CCc3c(ccc(C(=O)NO)c3F)C1)C2. The zero-order valence-corrected chi connectivity index (χ0v) is 16.4. The molecule has 2 saturated carbocycles. The summed E-state index contributed by atoms with van der Waals surface area (Å²) in [5.41, 5.74) is 3.42. The summed E-state index contributed by atoms with van der Waals surface area (Å²) in [5, 5.41) is 8.78. The number of amides is 1. The number of carbonyl (C=O) groups is 1. The lowest BCUT2D eigenvalue weighted by atomic mass is 9.59. The highest BCUT2D eigenvalue weighted by Gasteiger charge is 2.42. The molecule has 4 rings (SSSR count). The molecule has 2 aliphatic carbocycles. The Hall–Kier alpha value is -1.46. The van der Waals surface area contributed by atoms with Crippen molar-refractivity contribution in [3.63, 3.8) is 0 Å². The molecular formula is C22H31FN2O2. The van der Waals surface area contributed by atoms with Crippen LogP contribution >= 0.6 is 0 Å². The molecule has 1 amide bonds. The quantitative estimate of drug-likeness (QED) is 0.617. The second-order valence-corrected chi connectivity index (χ2v) is 9.73. The van der Waals surface area contributed by atoms with Crippen molar-refractivity contribution in [1.29, 1.82) is 0 Å². The monoisotopic (exact) mass is 374 g/mol. The van der Waals surface area contributed by atoms with Crippen LogP contribution in [0.15, 0.2) is 12.1 Å². The number of rotatable bonds is 3. The van der Waals surface area contributed by atoms with Gasteiger partial charge in [0, 0.05) is 19.6 Å². The van der Waals surface area contributed by atoms with Crippen molar-refractivity contribution < 1.29 is 14.4 Å². The van der Waals surface area contributed by atoms with Crippen LogP contribution in [0.2, 0.25) is 0 Å². The highest BCUT2D eigenvalue weighted by Crippen LogP contribution is 2.50. The van der Waals surface area contributed by atoms with E-state index < -0.39 is 11.7 Å². The standard InChI is InChI=1S/C22H31FN2O2/c1-14-7-15-9-16(8-14)11-22(2,10-15)13-25-6-5-18-17(12-25)3-4-19(20(18)23)21(26)24-27/h3-4,14-16,27H,5-13H2,1-2H3,(H,24,26). The highest BCUT2D eigenvalue weighted by molar-refractivity contribution is 5.94. The van der Waals surface area contributed by atoms with Gasteiger partial charge < -0.3 is 0 Å². The Balaban J connectivity index is 1.46. The van der Waals surface area contributed by atoms with E-state index in [4.69, 9.17) is 5.21 Å². The Morgan fingerprint density at radius 3 is 2.67 bits per heavy atom. The first-order chi connectivity index (χ1) is 12.9. The van der Waals surface area contributed by atoms with Gasteiger partial charge >= 0.3 is 0 Å².